The molecule has 0 saturated carbocycles. The number of nitrogens with two attached hydrogens (primary N) is 1. The number of aromatic hydroxyl groups is 1. The zero-order valence-electron chi connectivity index (χ0n) is 19.0. The van der Waals surface area contributed by atoms with Gasteiger partial charge in [-0.15, -0.1) is 0 Å². The lowest BCUT2D eigenvalue weighted by Crippen LogP contribution is -2.58. The maximum absolute atomic E-state index is 12.8. The number of thioether (sulfide) groups is 1. The van der Waals surface area contributed by atoms with Crippen LogP contribution >= 0.6 is 24.4 Å². The lowest BCUT2D eigenvalue weighted by atomic mass is 10.1. The molecule has 0 fully saturated rings. The van der Waals surface area contributed by atoms with Crippen LogP contribution in [0.2, 0.25) is 0 Å². The molecule has 4 unspecified atom stereocenters. The second-order valence-electron chi connectivity index (χ2n) is 7.56. The number of carbonyl (C=O) groups is 5. The third-order valence-corrected chi connectivity index (χ3v) is 5.79. The van der Waals surface area contributed by atoms with Crippen LogP contribution in [0.15, 0.2) is 24.3 Å². The van der Waals surface area contributed by atoms with Crippen LogP contribution in [-0.4, -0.2) is 86.9 Å². The van der Waals surface area contributed by atoms with Crippen molar-refractivity contribution in [2.45, 2.75) is 43.4 Å². The molecule has 14 heteroatoms. The quantitative estimate of drug-likeness (QED) is 0.129. The first-order valence-electron chi connectivity index (χ1n) is 10.5. The fourth-order valence-corrected chi connectivity index (χ4v) is 3.60. The summed E-state index contributed by atoms with van der Waals surface area (Å²) < 4.78 is 0. The predicted octanol–water partition coefficient (Wildman–Crippen LogP) is -1.04. The van der Waals surface area contributed by atoms with Crippen molar-refractivity contribution in [1.82, 2.24) is 16.0 Å². The van der Waals surface area contributed by atoms with Gasteiger partial charge in [0.15, 0.2) is 0 Å². The lowest BCUT2D eigenvalue weighted by Gasteiger charge is -2.24. The van der Waals surface area contributed by atoms with E-state index in [4.69, 9.17) is 10.8 Å². The van der Waals surface area contributed by atoms with Gasteiger partial charge in [-0.2, -0.15) is 24.4 Å². The number of carboxylic acid groups (broad SMARTS) is 2. The molecule has 1 rings (SSSR count). The largest absolute Gasteiger partial charge is 0.508 e. The highest BCUT2D eigenvalue weighted by Gasteiger charge is 2.30. The normalized spacial score (nSPS) is 14.1. The van der Waals surface area contributed by atoms with Gasteiger partial charge in [0.05, 0.1) is 12.5 Å². The van der Waals surface area contributed by atoms with Crippen molar-refractivity contribution in [3.8, 4) is 5.75 Å². The molecule has 0 heterocycles. The highest BCUT2D eigenvalue weighted by molar-refractivity contribution is 7.98. The zero-order valence-corrected chi connectivity index (χ0v) is 20.7. The van der Waals surface area contributed by atoms with Crippen LogP contribution in [0.4, 0.5) is 0 Å². The van der Waals surface area contributed by atoms with E-state index in [1.165, 1.54) is 36.0 Å². The molecule has 0 aliphatic heterocycles. The molecule has 0 aromatic heterocycles. The third kappa shape index (κ3) is 10.9. The Labute approximate surface area is 211 Å². The van der Waals surface area contributed by atoms with Crippen LogP contribution in [0.3, 0.4) is 0 Å². The van der Waals surface area contributed by atoms with Gasteiger partial charge in [0, 0.05) is 12.2 Å². The Bertz CT molecular complexity index is 900. The van der Waals surface area contributed by atoms with Crippen LogP contribution in [0, 0.1) is 0 Å². The molecular weight excluding hydrogens is 500 g/mol. The maximum atomic E-state index is 12.8. The first-order chi connectivity index (χ1) is 16.5. The summed E-state index contributed by atoms with van der Waals surface area (Å²) in [5.41, 5.74) is 6.11. The molecule has 1 aromatic carbocycles. The van der Waals surface area contributed by atoms with Crippen molar-refractivity contribution in [2.75, 3.05) is 17.8 Å². The number of thiol groups is 1. The Morgan fingerprint density at radius 3 is 2.00 bits per heavy atom. The fraction of sp³-hybridized carbons (Fsp3) is 0.476. The van der Waals surface area contributed by atoms with E-state index in [0.717, 1.165) is 0 Å². The predicted molar refractivity (Wildman–Crippen MR) is 132 cm³/mol. The van der Waals surface area contributed by atoms with E-state index in [1.807, 2.05) is 0 Å². The number of nitrogens with one attached hydrogen (secondary N) is 3. The van der Waals surface area contributed by atoms with Crippen LogP contribution in [0.5, 0.6) is 5.75 Å². The molecule has 35 heavy (non-hydrogen) atoms. The highest BCUT2D eigenvalue weighted by atomic mass is 32.2. The van der Waals surface area contributed by atoms with Crippen molar-refractivity contribution in [3.63, 3.8) is 0 Å². The average Bonchev–Trinajstić information content (AvgIpc) is 2.79. The molecule has 0 saturated heterocycles. The van der Waals surface area contributed by atoms with Gasteiger partial charge in [-0.05, 0) is 36.1 Å². The standard InChI is InChI=1S/C21H30N4O8S2/c1-35-7-6-14(23-18(29)13(22)9-17(27)28)19(30)25-16(10-34)20(31)24-15(21(32)33)8-11-2-4-12(26)5-3-11/h2-5,13-16,26,34H,6-10,22H2,1H3,(H,23,29)(H,24,31)(H,25,30)(H,27,28)(H,32,33). The van der Waals surface area contributed by atoms with Gasteiger partial charge < -0.3 is 37.0 Å². The topological polar surface area (TPSA) is 208 Å². The van der Waals surface area contributed by atoms with E-state index in [0.29, 0.717) is 11.3 Å². The summed E-state index contributed by atoms with van der Waals surface area (Å²) in [4.78, 5) is 60.1. The average molecular weight is 531 g/mol. The minimum absolute atomic E-state index is 0.00884. The van der Waals surface area contributed by atoms with E-state index < -0.39 is 60.2 Å². The number of carbonyl (C=O) groups excluding carboxylic acids is 3. The number of phenols is 1. The molecule has 0 spiro atoms. The molecule has 0 aliphatic carbocycles. The Morgan fingerprint density at radius 2 is 1.49 bits per heavy atom. The van der Waals surface area contributed by atoms with E-state index >= 15 is 0 Å². The van der Waals surface area contributed by atoms with Gasteiger partial charge in [-0.3, -0.25) is 19.2 Å². The van der Waals surface area contributed by atoms with Crippen molar-refractivity contribution in [2.24, 2.45) is 5.73 Å². The molecule has 4 atom stereocenters. The number of carboxylic acids is 2. The summed E-state index contributed by atoms with van der Waals surface area (Å²) in [5, 5.41) is 34.9. The molecular formula is C21H30N4O8S2. The first kappa shape index (κ1) is 30.1. The van der Waals surface area contributed by atoms with E-state index in [9.17, 15) is 34.2 Å². The SMILES string of the molecule is CSCCC(NC(=O)C(N)CC(=O)O)C(=O)NC(CS)C(=O)NC(Cc1ccc(O)cc1)C(=O)O. The molecule has 0 bridgehead atoms. The second-order valence-corrected chi connectivity index (χ2v) is 8.91. The minimum Gasteiger partial charge on any atom is -0.508 e. The fourth-order valence-electron chi connectivity index (χ4n) is 2.87. The number of amides is 3. The molecule has 1 aromatic rings. The highest BCUT2D eigenvalue weighted by Crippen LogP contribution is 2.12. The molecule has 3 amide bonds. The number of hydrogen-bond donors (Lipinski definition) is 8. The van der Waals surface area contributed by atoms with Gasteiger partial charge in [0.1, 0.15) is 23.9 Å². The molecule has 0 radical (unpaired) electrons. The minimum atomic E-state index is -1.36. The Morgan fingerprint density at radius 1 is 0.943 bits per heavy atom. The van der Waals surface area contributed by atoms with E-state index in [-0.39, 0.29) is 24.3 Å². The van der Waals surface area contributed by atoms with E-state index in [2.05, 4.69) is 28.6 Å². The monoisotopic (exact) mass is 530 g/mol. The Kier molecular flexibility index (Phi) is 13.0. The van der Waals surface area contributed by atoms with Crippen LogP contribution < -0.4 is 21.7 Å². The summed E-state index contributed by atoms with van der Waals surface area (Å²) in [7, 11) is 0. The van der Waals surface area contributed by atoms with Gasteiger partial charge in [-0.25, -0.2) is 4.79 Å². The van der Waals surface area contributed by atoms with Gasteiger partial charge in [0.25, 0.3) is 0 Å². The number of aliphatic carboxylic acids is 2. The summed E-state index contributed by atoms with van der Waals surface area (Å²) in [6, 6.07) is 0.819. The van der Waals surface area contributed by atoms with E-state index in [1.54, 1.807) is 6.26 Å². The molecule has 12 nitrogen and oxygen atoms in total. The van der Waals surface area contributed by atoms with Gasteiger partial charge >= 0.3 is 11.9 Å². The number of benzene rings is 1. The van der Waals surface area contributed by atoms with Crippen molar-refractivity contribution in [3.05, 3.63) is 29.8 Å². The summed E-state index contributed by atoms with van der Waals surface area (Å²) >= 11 is 5.47. The molecule has 194 valence electrons. The zero-order chi connectivity index (χ0) is 26.5. The lowest BCUT2D eigenvalue weighted by molar-refractivity contribution is -0.142. The molecule has 8 N–H and O–H groups in total. The third-order valence-electron chi connectivity index (χ3n) is 4.78. The van der Waals surface area contributed by atoms with Gasteiger partial charge in [0.2, 0.25) is 17.7 Å². The van der Waals surface area contributed by atoms with Gasteiger partial charge in [-0.1, -0.05) is 12.1 Å². The van der Waals surface area contributed by atoms with Crippen LogP contribution in [-0.2, 0) is 30.4 Å². The smallest absolute Gasteiger partial charge is 0.326 e. The van der Waals surface area contributed by atoms with Crippen molar-refractivity contribution >= 4 is 54.1 Å². The molecule has 0 aliphatic rings. The maximum Gasteiger partial charge on any atom is 0.326 e. The first-order valence-corrected chi connectivity index (χ1v) is 12.5. The number of phenolic OH excluding ortho intramolecular Hbond substituents is 1. The Hall–Kier alpha value is -2.97. The second kappa shape index (κ2) is 15.1. The van der Waals surface area contributed by atoms with Crippen LogP contribution in [0.1, 0.15) is 18.4 Å². The number of rotatable bonds is 15. The summed E-state index contributed by atoms with van der Waals surface area (Å²) in [5.74, 6) is -4.61. The number of hydrogen-bond acceptors (Lipinski definition) is 9. The van der Waals surface area contributed by atoms with Crippen LogP contribution in [0.25, 0.3) is 0 Å². The summed E-state index contributed by atoms with van der Waals surface area (Å²) in [6.45, 7) is 0. The summed E-state index contributed by atoms with van der Waals surface area (Å²) in [6.07, 6.45) is 1.28. The Balaban J connectivity index is 2.86. The van der Waals surface area contributed by atoms with Crippen molar-refractivity contribution in [1.29, 1.82) is 0 Å². The van der Waals surface area contributed by atoms with Crippen molar-refractivity contribution < 1.29 is 39.3 Å².